The SMILES string of the molecule is N#Cc1cccnc1NC1CCCN(c2ncccn2)C1. The van der Waals surface area contributed by atoms with Gasteiger partial charge in [-0.05, 0) is 31.0 Å². The molecule has 2 aromatic heterocycles. The third kappa shape index (κ3) is 3.08. The second kappa shape index (κ2) is 6.18. The fourth-order valence-electron chi connectivity index (χ4n) is 2.54. The Balaban J connectivity index is 1.71. The molecule has 3 rings (SSSR count). The lowest BCUT2D eigenvalue weighted by molar-refractivity contribution is 0.521. The van der Waals surface area contributed by atoms with Crippen molar-refractivity contribution >= 4 is 11.8 Å². The maximum absolute atomic E-state index is 9.12. The number of piperidine rings is 1. The molecule has 1 saturated heterocycles. The Morgan fingerprint density at radius 2 is 2.00 bits per heavy atom. The van der Waals surface area contributed by atoms with Gasteiger partial charge in [-0.25, -0.2) is 15.0 Å². The molecule has 2 aromatic rings. The average molecular weight is 280 g/mol. The molecule has 1 fully saturated rings. The Kier molecular flexibility index (Phi) is 3.92. The van der Waals surface area contributed by atoms with Gasteiger partial charge < -0.3 is 10.2 Å². The number of aromatic nitrogens is 3. The number of anilines is 2. The van der Waals surface area contributed by atoms with Crippen molar-refractivity contribution in [2.45, 2.75) is 18.9 Å². The lowest BCUT2D eigenvalue weighted by atomic mass is 10.1. The molecule has 0 bridgehead atoms. The molecule has 0 spiro atoms. The van der Waals surface area contributed by atoms with Crippen molar-refractivity contribution in [2.75, 3.05) is 23.3 Å². The van der Waals surface area contributed by atoms with Crippen molar-refractivity contribution in [3.63, 3.8) is 0 Å². The van der Waals surface area contributed by atoms with Crippen LogP contribution in [0.4, 0.5) is 11.8 Å². The van der Waals surface area contributed by atoms with Crippen LogP contribution in [-0.4, -0.2) is 34.1 Å². The van der Waals surface area contributed by atoms with Crippen LogP contribution in [0.5, 0.6) is 0 Å². The minimum absolute atomic E-state index is 0.240. The summed E-state index contributed by atoms with van der Waals surface area (Å²) in [5.41, 5.74) is 0.575. The van der Waals surface area contributed by atoms with Gasteiger partial charge in [-0.1, -0.05) is 0 Å². The number of hydrogen-bond acceptors (Lipinski definition) is 6. The molecule has 0 amide bonds. The first kappa shape index (κ1) is 13.3. The van der Waals surface area contributed by atoms with Crippen molar-refractivity contribution in [3.8, 4) is 6.07 Å². The molecule has 1 aliphatic rings. The molecule has 1 aliphatic heterocycles. The van der Waals surface area contributed by atoms with Gasteiger partial charge in [0.1, 0.15) is 11.9 Å². The topological polar surface area (TPSA) is 77.7 Å². The van der Waals surface area contributed by atoms with Crippen molar-refractivity contribution in [1.29, 1.82) is 5.26 Å². The fraction of sp³-hybridized carbons (Fsp3) is 0.333. The number of hydrogen-bond donors (Lipinski definition) is 1. The number of nitriles is 1. The summed E-state index contributed by atoms with van der Waals surface area (Å²) in [6.07, 6.45) is 7.32. The minimum atomic E-state index is 0.240. The van der Waals surface area contributed by atoms with Crippen molar-refractivity contribution in [2.24, 2.45) is 0 Å². The third-order valence-electron chi connectivity index (χ3n) is 3.53. The van der Waals surface area contributed by atoms with E-state index in [2.05, 4.69) is 31.2 Å². The highest BCUT2D eigenvalue weighted by molar-refractivity contribution is 5.52. The second-order valence-corrected chi connectivity index (χ2v) is 4.99. The second-order valence-electron chi connectivity index (χ2n) is 4.99. The molecule has 0 aromatic carbocycles. The summed E-state index contributed by atoms with van der Waals surface area (Å²) < 4.78 is 0. The predicted molar refractivity (Wildman–Crippen MR) is 79.8 cm³/mol. The van der Waals surface area contributed by atoms with E-state index in [1.54, 1.807) is 30.7 Å². The van der Waals surface area contributed by atoms with Crippen molar-refractivity contribution in [1.82, 2.24) is 15.0 Å². The first-order valence-electron chi connectivity index (χ1n) is 7.00. The van der Waals surface area contributed by atoms with Crippen LogP contribution in [0.2, 0.25) is 0 Å². The van der Waals surface area contributed by atoms with Crippen LogP contribution in [0.15, 0.2) is 36.8 Å². The number of nitrogens with one attached hydrogen (secondary N) is 1. The maximum Gasteiger partial charge on any atom is 0.225 e. The van der Waals surface area contributed by atoms with Gasteiger partial charge in [0, 0.05) is 37.7 Å². The molecule has 3 heterocycles. The molecule has 1 N–H and O–H groups in total. The Morgan fingerprint density at radius 1 is 1.19 bits per heavy atom. The molecule has 21 heavy (non-hydrogen) atoms. The zero-order valence-electron chi connectivity index (χ0n) is 11.6. The number of nitrogens with zero attached hydrogens (tertiary/aromatic N) is 5. The van der Waals surface area contributed by atoms with Crippen LogP contribution >= 0.6 is 0 Å². The van der Waals surface area contributed by atoms with Gasteiger partial charge in [-0.3, -0.25) is 0 Å². The van der Waals surface area contributed by atoms with Crippen molar-refractivity contribution < 1.29 is 0 Å². The van der Waals surface area contributed by atoms with Crippen LogP contribution in [0.25, 0.3) is 0 Å². The fourth-order valence-corrected chi connectivity index (χ4v) is 2.54. The van der Waals surface area contributed by atoms with Gasteiger partial charge in [-0.2, -0.15) is 5.26 Å². The Morgan fingerprint density at radius 3 is 2.81 bits per heavy atom. The van der Waals surface area contributed by atoms with Gasteiger partial charge >= 0.3 is 0 Å². The molecule has 1 unspecified atom stereocenters. The summed E-state index contributed by atoms with van der Waals surface area (Å²) in [7, 11) is 0. The Labute approximate surface area is 123 Å². The minimum Gasteiger partial charge on any atom is -0.364 e. The smallest absolute Gasteiger partial charge is 0.225 e. The highest BCUT2D eigenvalue weighted by Gasteiger charge is 2.22. The van der Waals surface area contributed by atoms with Crippen molar-refractivity contribution in [3.05, 3.63) is 42.4 Å². The molecule has 1 atom stereocenters. The highest BCUT2D eigenvalue weighted by atomic mass is 15.3. The summed E-state index contributed by atoms with van der Waals surface area (Å²) in [6, 6.07) is 7.77. The van der Waals surface area contributed by atoms with Gasteiger partial charge in [0.2, 0.25) is 5.95 Å². The van der Waals surface area contributed by atoms with E-state index in [4.69, 9.17) is 5.26 Å². The van der Waals surface area contributed by atoms with Crippen LogP contribution in [0.1, 0.15) is 18.4 Å². The quantitative estimate of drug-likeness (QED) is 0.924. The maximum atomic E-state index is 9.12. The average Bonchev–Trinajstić information content (AvgIpc) is 2.56. The molecule has 6 nitrogen and oxygen atoms in total. The van der Waals surface area contributed by atoms with Crippen LogP contribution in [0, 0.1) is 11.3 Å². The predicted octanol–water partition coefficient (Wildman–Crippen LogP) is 1.82. The van der Waals surface area contributed by atoms with E-state index >= 15 is 0 Å². The summed E-state index contributed by atoms with van der Waals surface area (Å²) in [6.45, 7) is 1.76. The van der Waals surface area contributed by atoms with E-state index < -0.39 is 0 Å². The van der Waals surface area contributed by atoms with Gasteiger partial charge in [0.25, 0.3) is 0 Å². The van der Waals surface area contributed by atoms with Crippen LogP contribution < -0.4 is 10.2 Å². The molecule has 0 aliphatic carbocycles. The van der Waals surface area contributed by atoms with E-state index in [0.717, 1.165) is 31.9 Å². The largest absolute Gasteiger partial charge is 0.364 e. The summed E-state index contributed by atoms with van der Waals surface area (Å²) >= 11 is 0. The molecular weight excluding hydrogens is 264 g/mol. The van der Waals surface area contributed by atoms with Gasteiger partial charge in [0.05, 0.1) is 5.56 Å². The summed E-state index contributed by atoms with van der Waals surface area (Å²) in [4.78, 5) is 15.0. The van der Waals surface area contributed by atoms with Crippen LogP contribution in [-0.2, 0) is 0 Å². The zero-order valence-corrected chi connectivity index (χ0v) is 11.6. The Bertz CT molecular complexity index is 636. The van der Waals surface area contributed by atoms with Gasteiger partial charge in [0.15, 0.2) is 0 Å². The van der Waals surface area contributed by atoms with E-state index in [1.807, 2.05) is 6.07 Å². The summed E-state index contributed by atoms with van der Waals surface area (Å²) in [5, 5.41) is 12.5. The van der Waals surface area contributed by atoms with Crippen LogP contribution in [0.3, 0.4) is 0 Å². The van der Waals surface area contributed by atoms with E-state index in [9.17, 15) is 0 Å². The summed E-state index contributed by atoms with van der Waals surface area (Å²) in [5.74, 6) is 1.41. The first-order valence-corrected chi connectivity index (χ1v) is 7.00. The van der Waals surface area contributed by atoms with Gasteiger partial charge in [-0.15, -0.1) is 0 Å². The Hall–Kier alpha value is -2.68. The zero-order chi connectivity index (χ0) is 14.5. The number of rotatable bonds is 3. The molecule has 0 radical (unpaired) electrons. The number of pyridine rings is 1. The van der Waals surface area contributed by atoms with E-state index in [0.29, 0.717) is 11.4 Å². The lowest BCUT2D eigenvalue weighted by Crippen LogP contribution is -2.43. The highest BCUT2D eigenvalue weighted by Crippen LogP contribution is 2.19. The lowest BCUT2D eigenvalue weighted by Gasteiger charge is -2.33. The monoisotopic (exact) mass is 280 g/mol. The third-order valence-corrected chi connectivity index (χ3v) is 3.53. The normalized spacial score (nSPS) is 18.0. The molecule has 0 saturated carbocycles. The standard InChI is InChI=1S/C15H16N6/c16-10-12-4-1-6-17-14(12)20-13-5-2-9-21(11-13)15-18-7-3-8-19-15/h1,3-4,6-8,13H,2,5,9,11H2,(H,17,20). The molecule has 106 valence electrons. The van der Waals surface area contributed by atoms with E-state index in [1.165, 1.54) is 0 Å². The molecule has 6 heteroatoms. The first-order chi connectivity index (χ1) is 10.4. The van der Waals surface area contributed by atoms with E-state index in [-0.39, 0.29) is 6.04 Å². The molecular formula is C15H16N6.